The minimum Gasteiger partial charge on any atom is -0.477 e. The molecule has 2 aliphatic heterocycles. The number of aromatic nitrogens is 2. The van der Waals surface area contributed by atoms with Crippen LogP contribution in [0.4, 0.5) is 5.69 Å². The predicted molar refractivity (Wildman–Crippen MR) is 154 cm³/mol. The number of thiol groups is 1. The highest BCUT2D eigenvalue weighted by atomic mass is 32.2. The van der Waals surface area contributed by atoms with Gasteiger partial charge in [0.05, 0.1) is 35.0 Å². The fraction of sp³-hybridized carbons (Fsp3) is 0.500. The maximum absolute atomic E-state index is 13.3. The van der Waals surface area contributed by atoms with Crippen molar-refractivity contribution in [2.24, 2.45) is 0 Å². The molecule has 3 aromatic rings. The topological polar surface area (TPSA) is 105 Å². The van der Waals surface area contributed by atoms with Crippen LogP contribution in [0, 0.1) is 0 Å². The van der Waals surface area contributed by atoms with Crippen LogP contribution < -0.4 is 14.4 Å². The third-order valence-electron chi connectivity index (χ3n) is 9.42. The zero-order valence-electron chi connectivity index (χ0n) is 22.8. The van der Waals surface area contributed by atoms with Crippen LogP contribution in [0.15, 0.2) is 36.7 Å². The van der Waals surface area contributed by atoms with Crippen molar-refractivity contribution in [2.45, 2.75) is 62.3 Å². The zero-order chi connectivity index (χ0) is 27.5. The summed E-state index contributed by atoms with van der Waals surface area (Å²) in [5.41, 5.74) is 4.36. The molecule has 9 nitrogen and oxygen atoms in total. The molecule has 40 heavy (non-hydrogen) atoms. The van der Waals surface area contributed by atoms with Crippen molar-refractivity contribution in [1.82, 2.24) is 19.6 Å². The summed E-state index contributed by atoms with van der Waals surface area (Å²) < 4.78 is 32.4. The van der Waals surface area contributed by atoms with E-state index < -0.39 is 21.8 Å². The first-order valence-corrected chi connectivity index (χ1v) is 15.6. The number of pyridine rings is 2. The number of nitrogens with zero attached hydrogens (tertiary/aromatic N) is 4. The molecule has 1 N–H and O–H groups in total. The molecule has 7 rings (SSSR count). The molecule has 2 aromatic heterocycles. The number of ether oxygens (including phenoxy) is 1. The van der Waals surface area contributed by atoms with E-state index in [2.05, 4.69) is 20.7 Å². The van der Waals surface area contributed by atoms with Gasteiger partial charge in [-0.3, -0.25) is 9.78 Å². The van der Waals surface area contributed by atoms with Gasteiger partial charge in [-0.15, -0.1) is 0 Å². The Morgan fingerprint density at radius 1 is 1.00 bits per heavy atom. The Labute approximate surface area is 236 Å². The third kappa shape index (κ3) is 4.19. The predicted octanol–water partition coefficient (Wildman–Crippen LogP) is 3.66. The quantitative estimate of drug-likeness (QED) is 0.304. The van der Waals surface area contributed by atoms with Crippen LogP contribution in [0.2, 0.25) is 0 Å². The number of fused-ring (bicyclic) bond motifs is 4. The molecular weight excluding hydrogens is 526 g/mol. The van der Waals surface area contributed by atoms with Gasteiger partial charge >= 0.3 is 0 Å². The maximum Gasteiger partial charge on any atom is 0.237 e. The fourth-order valence-electron chi connectivity index (χ4n) is 6.92. The zero-order valence-corrected chi connectivity index (χ0v) is 23.7. The largest absolute Gasteiger partial charge is 0.477 e. The first-order chi connectivity index (χ1) is 19.4. The Kier molecular flexibility index (Phi) is 6.32. The number of amides is 1. The van der Waals surface area contributed by atoms with Crippen LogP contribution in [0.1, 0.15) is 62.5 Å². The van der Waals surface area contributed by atoms with E-state index in [1.165, 1.54) is 12.8 Å². The second kappa shape index (κ2) is 9.78. The van der Waals surface area contributed by atoms with Gasteiger partial charge < -0.3 is 14.5 Å². The van der Waals surface area contributed by atoms with Crippen LogP contribution in [0.5, 0.6) is 5.88 Å². The average Bonchev–Trinajstić information content (AvgIpc) is 3.41. The normalized spacial score (nSPS) is 20.9. The van der Waals surface area contributed by atoms with Crippen molar-refractivity contribution in [2.75, 3.05) is 38.2 Å². The number of hydrogen-bond acceptors (Lipinski definition) is 7. The third-order valence-corrected chi connectivity index (χ3v) is 10.0. The Balaban J connectivity index is 1.24. The van der Waals surface area contributed by atoms with Crippen molar-refractivity contribution in [3.63, 3.8) is 0 Å². The number of nitrogens with one attached hydrogen (secondary N) is 1. The fourth-order valence-corrected chi connectivity index (χ4v) is 7.62. The van der Waals surface area contributed by atoms with Gasteiger partial charge in [-0.05, 0) is 81.8 Å². The molecule has 3 fully saturated rings. The summed E-state index contributed by atoms with van der Waals surface area (Å²) >= 11 is 0. The monoisotopic (exact) mass is 561 g/mol. The van der Waals surface area contributed by atoms with Crippen molar-refractivity contribution >= 4 is 33.4 Å². The second-order valence-electron chi connectivity index (χ2n) is 11.8. The van der Waals surface area contributed by atoms with Crippen molar-refractivity contribution in [3.8, 4) is 17.0 Å². The van der Waals surface area contributed by atoms with E-state index in [1.807, 2.05) is 31.4 Å². The van der Waals surface area contributed by atoms with E-state index in [1.54, 1.807) is 11.1 Å². The summed E-state index contributed by atoms with van der Waals surface area (Å²) in [6.07, 6.45) is 11.2. The Bertz CT molecular complexity index is 1570. The molecule has 1 spiro atoms. The van der Waals surface area contributed by atoms with Crippen LogP contribution in [0.3, 0.4) is 0 Å². The number of likely N-dealkylation sites (tertiary alicyclic amines) is 1. The number of likely N-dealkylation sites (N-methyl/N-ethyl adjacent to an activating group) is 1. The van der Waals surface area contributed by atoms with Crippen molar-refractivity contribution in [1.29, 1.82) is 0 Å². The summed E-state index contributed by atoms with van der Waals surface area (Å²) in [6.45, 7) is 3.83. The van der Waals surface area contributed by atoms with Crippen molar-refractivity contribution in [3.05, 3.63) is 47.8 Å². The van der Waals surface area contributed by atoms with Gasteiger partial charge in [-0.25, -0.2) is 18.1 Å². The van der Waals surface area contributed by atoms with E-state index in [9.17, 15) is 13.2 Å². The van der Waals surface area contributed by atoms with Crippen LogP contribution in [0.25, 0.3) is 22.0 Å². The summed E-state index contributed by atoms with van der Waals surface area (Å²) in [4.78, 5) is 26.9. The molecular formula is C30H35N5O4S. The standard InChI is InChI=1S/C30H35N5O4S/c1-34-25-19-31-24-7-6-20(16-22(24)26(25)29(28(34)36)8-4-9-29)21-17-23(30(10-11-30)33-40(37)38)27(32-18-21)39-15-5-14-35-12-2-3-13-35/h6-7,16-19,40H,2-5,8-15H2,1H3,(H,33,37,38). The highest BCUT2D eigenvalue weighted by Crippen LogP contribution is 2.55. The number of anilines is 1. The second-order valence-corrected chi connectivity index (χ2v) is 12.6. The number of carbonyl (C=O) groups is 1. The highest BCUT2D eigenvalue weighted by molar-refractivity contribution is 7.70. The van der Waals surface area contributed by atoms with E-state index in [4.69, 9.17) is 9.72 Å². The molecule has 0 bridgehead atoms. The summed E-state index contributed by atoms with van der Waals surface area (Å²) in [6, 6.07) is 8.16. The van der Waals surface area contributed by atoms with Crippen LogP contribution in [-0.2, 0) is 26.6 Å². The van der Waals surface area contributed by atoms with Gasteiger partial charge in [0.25, 0.3) is 0 Å². The maximum atomic E-state index is 13.3. The van der Waals surface area contributed by atoms with Crippen molar-refractivity contribution < 1.29 is 17.9 Å². The molecule has 2 saturated carbocycles. The van der Waals surface area contributed by atoms with E-state index in [-0.39, 0.29) is 5.91 Å². The average molecular weight is 562 g/mol. The lowest BCUT2D eigenvalue weighted by atomic mass is 9.64. The highest BCUT2D eigenvalue weighted by Gasteiger charge is 2.54. The Morgan fingerprint density at radius 3 is 2.50 bits per heavy atom. The SMILES string of the molecule is CN1C(=O)C2(CCC2)c2c1cnc1ccc(-c3cnc(OCCCN4CCCC4)c(C4(N[SH](=O)=O)CC4)c3)cc21. The number of hydrogen-bond donors (Lipinski definition) is 2. The van der Waals surface area contributed by atoms with E-state index in [0.29, 0.717) is 25.3 Å². The number of rotatable bonds is 9. The van der Waals surface area contributed by atoms with Gasteiger partial charge in [-0.2, -0.15) is 0 Å². The van der Waals surface area contributed by atoms with Gasteiger partial charge in [-0.1, -0.05) is 12.5 Å². The molecule has 2 aliphatic carbocycles. The molecule has 1 amide bonds. The van der Waals surface area contributed by atoms with E-state index in [0.717, 1.165) is 84.2 Å². The lowest BCUT2D eigenvalue weighted by Gasteiger charge is -2.37. The molecule has 0 atom stereocenters. The summed E-state index contributed by atoms with van der Waals surface area (Å²) in [5.74, 6) is 0.660. The van der Waals surface area contributed by atoms with Gasteiger partial charge in [0.2, 0.25) is 22.7 Å². The number of benzene rings is 1. The van der Waals surface area contributed by atoms with Gasteiger partial charge in [0.1, 0.15) is 0 Å². The minimum atomic E-state index is -2.77. The van der Waals surface area contributed by atoms with Crippen LogP contribution >= 0.6 is 0 Å². The smallest absolute Gasteiger partial charge is 0.237 e. The van der Waals surface area contributed by atoms with Gasteiger partial charge in [0.15, 0.2) is 0 Å². The van der Waals surface area contributed by atoms with Gasteiger partial charge in [0, 0.05) is 41.9 Å². The molecule has 0 unspecified atom stereocenters. The Hall–Kier alpha value is -3.08. The number of carbonyl (C=O) groups excluding carboxylic acids is 1. The summed E-state index contributed by atoms with van der Waals surface area (Å²) in [7, 11) is -0.933. The first kappa shape index (κ1) is 25.9. The summed E-state index contributed by atoms with van der Waals surface area (Å²) in [5, 5.41) is 0.998. The molecule has 4 aliphatic rings. The molecule has 1 aromatic carbocycles. The first-order valence-electron chi connectivity index (χ1n) is 14.4. The van der Waals surface area contributed by atoms with E-state index >= 15 is 0 Å². The molecule has 10 heteroatoms. The molecule has 0 radical (unpaired) electrons. The Morgan fingerprint density at radius 2 is 1.80 bits per heavy atom. The molecule has 210 valence electrons. The lowest BCUT2D eigenvalue weighted by Crippen LogP contribution is -2.43. The van der Waals surface area contributed by atoms with Crippen LogP contribution in [-0.4, -0.2) is 62.5 Å². The minimum absolute atomic E-state index is 0.164. The lowest BCUT2D eigenvalue weighted by molar-refractivity contribution is -0.125. The molecule has 4 heterocycles. The molecule has 1 saturated heterocycles.